The van der Waals surface area contributed by atoms with Gasteiger partial charge in [0.05, 0.1) is 21.2 Å². The number of sulfonamides is 1. The van der Waals surface area contributed by atoms with Crippen LogP contribution in [0, 0.1) is 0 Å². The highest BCUT2D eigenvalue weighted by molar-refractivity contribution is 7.89. The zero-order valence-corrected chi connectivity index (χ0v) is 10.8. The van der Waals surface area contributed by atoms with E-state index in [9.17, 15) is 13.5 Å². The van der Waals surface area contributed by atoms with Crippen molar-refractivity contribution in [3.8, 4) is 0 Å². The number of nitrogens with two attached hydrogens (primary N) is 1. The quantitative estimate of drug-likeness (QED) is 0.778. The lowest BCUT2D eigenvalue weighted by atomic mass is 10.0. The number of aliphatic hydroxyl groups is 1. The molecule has 94 valence electrons. The smallest absolute Gasteiger partial charge is 0.243 e. The fourth-order valence-corrected chi connectivity index (χ4v) is 3.54. The van der Waals surface area contributed by atoms with Gasteiger partial charge in [-0.15, -0.1) is 0 Å². The molecule has 0 spiro atoms. The summed E-state index contributed by atoms with van der Waals surface area (Å²) in [5.41, 5.74) is 4.85. The minimum absolute atomic E-state index is 0.0925. The zero-order chi connectivity index (χ0) is 12.8. The molecule has 0 aliphatic carbocycles. The number of β-amino-alcohol motifs (C(OH)–C–C–N with tert-alkyl or cyclic N) is 1. The van der Waals surface area contributed by atoms with Gasteiger partial charge < -0.3 is 10.8 Å². The van der Waals surface area contributed by atoms with Crippen molar-refractivity contribution in [2.24, 2.45) is 0 Å². The Kier molecular flexibility index (Phi) is 2.86. The van der Waals surface area contributed by atoms with Gasteiger partial charge in [-0.2, -0.15) is 4.31 Å². The molecule has 0 bridgehead atoms. The lowest BCUT2D eigenvalue weighted by Gasteiger charge is -2.42. The average Bonchev–Trinajstić information content (AvgIpc) is 2.18. The largest absolute Gasteiger partial charge is 0.397 e. The van der Waals surface area contributed by atoms with Gasteiger partial charge in [0, 0.05) is 13.1 Å². The summed E-state index contributed by atoms with van der Waals surface area (Å²) < 4.78 is 25.4. The zero-order valence-electron chi connectivity index (χ0n) is 9.22. The normalized spacial score (nSPS) is 19.9. The Morgan fingerprint density at radius 3 is 2.53 bits per heavy atom. The number of rotatable bonds is 2. The predicted molar refractivity (Wildman–Crippen MR) is 65.2 cm³/mol. The molecule has 0 unspecified atom stereocenters. The van der Waals surface area contributed by atoms with E-state index >= 15 is 0 Å². The molecule has 2 rings (SSSR count). The third kappa shape index (κ3) is 2.26. The second-order valence-electron chi connectivity index (χ2n) is 4.45. The van der Waals surface area contributed by atoms with E-state index in [4.69, 9.17) is 17.3 Å². The Bertz CT molecular complexity index is 549. The molecular weight excluding hydrogens is 264 g/mol. The van der Waals surface area contributed by atoms with Crippen molar-refractivity contribution in [1.29, 1.82) is 0 Å². The van der Waals surface area contributed by atoms with Crippen LogP contribution in [0.2, 0.25) is 5.02 Å². The lowest BCUT2D eigenvalue weighted by molar-refractivity contribution is -0.0426. The summed E-state index contributed by atoms with van der Waals surface area (Å²) in [4.78, 5) is 0.0925. The Hall–Kier alpha value is -0.820. The van der Waals surface area contributed by atoms with E-state index < -0.39 is 15.6 Å². The highest BCUT2D eigenvalue weighted by atomic mass is 35.5. The van der Waals surface area contributed by atoms with Crippen LogP contribution in [0.15, 0.2) is 23.1 Å². The van der Waals surface area contributed by atoms with Gasteiger partial charge in [-0.05, 0) is 25.1 Å². The molecule has 5 nitrogen and oxygen atoms in total. The number of nitrogen functional groups attached to an aromatic ring is 1. The van der Waals surface area contributed by atoms with Crippen LogP contribution in [0.4, 0.5) is 5.69 Å². The fourth-order valence-electron chi connectivity index (χ4n) is 1.71. The van der Waals surface area contributed by atoms with Gasteiger partial charge in [-0.1, -0.05) is 11.6 Å². The van der Waals surface area contributed by atoms with Gasteiger partial charge in [0.15, 0.2) is 0 Å². The second-order valence-corrected chi connectivity index (χ2v) is 6.80. The van der Waals surface area contributed by atoms with Gasteiger partial charge in [-0.3, -0.25) is 0 Å². The number of benzene rings is 1. The van der Waals surface area contributed by atoms with E-state index in [2.05, 4.69) is 0 Å². The highest BCUT2D eigenvalue weighted by Crippen LogP contribution is 2.30. The summed E-state index contributed by atoms with van der Waals surface area (Å²) in [7, 11) is -3.58. The Balaban J connectivity index is 2.30. The first kappa shape index (κ1) is 12.6. The molecule has 0 aromatic heterocycles. The summed E-state index contributed by atoms with van der Waals surface area (Å²) >= 11 is 5.73. The minimum atomic E-state index is -3.58. The van der Waals surface area contributed by atoms with Crippen molar-refractivity contribution < 1.29 is 13.5 Å². The maximum atomic E-state index is 12.1. The molecule has 1 aromatic rings. The maximum absolute atomic E-state index is 12.1. The van der Waals surface area contributed by atoms with E-state index in [1.807, 2.05) is 0 Å². The lowest BCUT2D eigenvalue weighted by Crippen LogP contribution is -2.61. The van der Waals surface area contributed by atoms with Crippen LogP contribution in [-0.4, -0.2) is 36.5 Å². The summed E-state index contributed by atoms with van der Waals surface area (Å²) in [5, 5.41) is 9.86. The number of halogens is 1. The Morgan fingerprint density at radius 2 is 2.06 bits per heavy atom. The molecule has 1 aliphatic rings. The Morgan fingerprint density at radius 1 is 1.47 bits per heavy atom. The van der Waals surface area contributed by atoms with E-state index in [-0.39, 0.29) is 23.7 Å². The predicted octanol–water partition coefficient (Wildman–Crippen LogP) is 0.677. The van der Waals surface area contributed by atoms with E-state index in [0.717, 1.165) is 0 Å². The first-order chi connectivity index (χ1) is 7.72. The summed E-state index contributed by atoms with van der Waals surface area (Å²) in [6.07, 6.45) is 0. The Labute approximate surface area is 105 Å². The molecule has 0 amide bonds. The van der Waals surface area contributed by atoms with Crippen LogP contribution >= 0.6 is 11.6 Å². The van der Waals surface area contributed by atoms with Crippen molar-refractivity contribution in [2.45, 2.75) is 17.4 Å². The van der Waals surface area contributed by atoms with Crippen LogP contribution < -0.4 is 5.73 Å². The summed E-state index contributed by atoms with van der Waals surface area (Å²) in [6.45, 7) is 1.78. The van der Waals surface area contributed by atoms with Crippen LogP contribution in [0.1, 0.15) is 6.92 Å². The second kappa shape index (κ2) is 3.84. The first-order valence-corrected chi connectivity index (χ1v) is 6.82. The van der Waals surface area contributed by atoms with Gasteiger partial charge in [-0.25, -0.2) is 8.42 Å². The standard InChI is InChI=1S/C10H13ClN2O3S/c1-10(14)5-13(6-10)17(15,16)7-2-3-8(11)9(12)4-7/h2-4,14H,5-6,12H2,1H3. The van der Waals surface area contributed by atoms with Gasteiger partial charge in [0.25, 0.3) is 0 Å². The van der Waals surface area contributed by atoms with E-state index in [1.54, 1.807) is 6.92 Å². The molecule has 0 saturated carbocycles. The molecule has 7 heteroatoms. The average molecular weight is 277 g/mol. The first-order valence-electron chi connectivity index (χ1n) is 5.00. The molecular formula is C10H13ClN2O3S. The van der Waals surface area contributed by atoms with Crippen molar-refractivity contribution in [2.75, 3.05) is 18.8 Å². The van der Waals surface area contributed by atoms with Gasteiger partial charge in [0.2, 0.25) is 10.0 Å². The molecule has 1 aliphatic heterocycles. The van der Waals surface area contributed by atoms with Crippen LogP contribution in [0.5, 0.6) is 0 Å². The van der Waals surface area contributed by atoms with E-state index in [1.165, 1.54) is 22.5 Å². The topological polar surface area (TPSA) is 83.6 Å². The van der Waals surface area contributed by atoms with E-state index in [0.29, 0.717) is 5.02 Å². The molecule has 1 heterocycles. The number of hydrogen-bond donors (Lipinski definition) is 2. The van der Waals surface area contributed by atoms with Crippen molar-refractivity contribution in [3.05, 3.63) is 23.2 Å². The molecule has 0 atom stereocenters. The highest BCUT2D eigenvalue weighted by Gasteiger charge is 2.43. The molecule has 3 N–H and O–H groups in total. The molecule has 1 saturated heterocycles. The van der Waals surface area contributed by atoms with Crippen LogP contribution in [0.25, 0.3) is 0 Å². The van der Waals surface area contributed by atoms with Crippen LogP contribution in [-0.2, 0) is 10.0 Å². The number of hydrogen-bond acceptors (Lipinski definition) is 4. The van der Waals surface area contributed by atoms with Crippen molar-refractivity contribution in [3.63, 3.8) is 0 Å². The third-order valence-corrected chi connectivity index (χ3v) is 4.77. The monoisotopic (exact) mass is 276 g/mol. The fraction of sp³-hybridized carbons (Fsp3) is 0.400. The molecule has 17 heavy (non-hydrogen) atoms. The summed E-state index contributed by atoms with van der Waals surface area (Å²) in [5.74, 6) is 0. The summed E-state index contributed by atoms with van der Waals surface area (Å²) in [6, 6.07) is 4.17. The SMILES string of the molecule is CC1(O)CN(S(=O)(=O)c2ccc(Cl)c(N)c2)C1. The number of anilines is 1. The maximum Gasteiger partial charge on any atom is 0.243 e. The molecule has 1 fully saturated rings. The van der Waals surface area contributed by atoms with Gasteiger partial charge >= 0.3 is 0 Å². The van der Waals surface area contributed by atoms with Crippen LogP contribution in [0.3, 0.4) is 0 Å². The van der Waals surface area contributed by atoms with Crippen molar-refractivity contribution >= 4 is 27.3 Å². The minimum Gasteiger partial charge on any atom is -0.397 e. The molecule has 0 radical (unpaired) electrons. The van der Waals surface area contributed by atoms with Gasteiger partial charge in [0.1, 0.15) is 0 Å². The number of nitrogens with zero attached hydrogens (tertiary/aromatic N) is 1. The van der Waals surface area contributed by atoms with Crippen molar-refractivity contribution in [1.82, 2.24) is 4.31 Å². The third-order valence-electron chi connectivity index (χ3n) is 2.64. The molecule has 1 aromatic carbocycles.